The Balaban J connectivity index is 2.71. The highest BCUT2D eigenvalue weighted by atomic mass is 32.1. The monoisotopic (exact) mass is 227 g/mol. The van der Waals surface area contributed by atoms with Gasteiger partial charge in [-0.3, -0.25) is 10.1 Å². The van der Waals surface area contributed by atoms with E-state index in [9.17, 15) is 4.79 Å². The second-order valence-electron chi connectivity index (χ2n) is 3.47. The molecule has 4 heteroatoms. The van der Waals surface area contributed by atoms with Crippen molar-refractivity contribution in [2.75, 3.05) is 0 Å². The lowest BCUT2D eigenvalue weighted by molar-refractivity contribution is -0.139. The maximum absolute atomic E-state index is 11.1. The van der Waals surface area contributed by atoms with E-state index in [1.807, 2.05) is 17.5 Å². The smallest absolute Gasteiger partial charge is 0.326 e. The van der Waals surface area contributed by atoms with Crippen molar-refractivity contribution in [2.24, 2.45) is 0 Å². The fourth-order valence-corrected chi connectivity index (χ4v) is 2.27. The van der Waals surface area contributed by atoms with E-state index < -0.39 is 12.0 Å². The van der Waals surface area contributed by atoms with Crippen LogP contribution in [0.15, 0.2) is 17.5 Å². The fraction of sp³-hybridized carbons (Fsp3) is 0.545. The van der Waals surface area contributed by atoms with Crippen molar-refractivity contribution >= 4 is 17.3 Å². The summed E-state index contributed by atoms with van der Waals surface area (Å²) >= 11 is 1.48. The van der Waals surface area contributed by atoms with Crippen molar-refractivity contribution in [3.63, 3.8) is 0 Å². The molecule has 0 radical (unpaired) electrons. The molecule has 0 aromatic carbocycles. The molecule has 1 unspecified atom stereocenters. The summed E-state index contributed by atoms with van der Waals surface area (Å²) in [4.78, 5) is 12.0. The van der Waals surface area contributed by atoms with Gasteiger partial charge in [0, 0.05) is 10.9 Å². The zero-order valence-corrected chi connectivity index (χ0v) is 9.88. The SMILES string of the molecule is CCC(CC)NC(C(=O)O)c1cccs1. The van der Waals surface area contributed by atoms with Crippen LogP contribution in [0.4, 0.5) is 0 Å². The maximum Gasteiger partial charge on any atom is 0.326 e. The summed E-state index contributed by atoms with van der Waals surface area (Å²) in [5, 5.41) is 14.2. The van der Waals surface area contributed by atoms with Crippen LogP contribution in [0.5, 0.6) is 0 Å². The third kappa shape index (κ3) is 3.32. The number of nitrogens with one attached hydrogen (secondary N) is 1. The Morgan fingerprint density at radius 3 is 2.60 bits per heavy atom. The van der Waals surface area contributed by atoms with Crippen LogP contribution in [0.3, 0.4) is 0 Å². The number of carbonyl (C=O) groups is 1. The quantitative estimate of drug-likeness (QED) is 0.785. The Morgan fingerprint density at radius 2 is 2.20 bits per heavy atom. The van der Waals surface area contributed by atoms with Gasteiger partial charge in [0.2, 0.25) is 0 Å². The average molecular weight is 227 g/mol. The third-order valence-corrected chi connectivity index (χ3v) is 3.40. The number of carboxylic acid groups (broad SMARTS) is 1. The van der Waals surface area contributed by atoms with Crippen LogP contribution in [0.25, 0.3) is 0 Å². The number of hydrogen-bond acceptors (Lipinski definition) is 3. The van der Waals surface area contributed by atoms with E-state index in [1.54, 1.807) is 0 Å². The zero-order chi connectivity index (χ0) is 11.3. The van der Waals surface area contributed by atoms with Crippen molar-refractivity contribution < 1.29 is 9.90 Å². The molecule has 0 amide bonds. The number of rotatable bonds is 6. The minimum absolute atomic E-state index is 0.271. The summed E-state index contributed by atoms with van der Waals surface area (Å²) in [6.45, 7) is 4.13. The molecule has 0 fully saturated rings. The Kier molecular flexibility index (Phi) is 4.78. The van der Waals surface area contributed by atoms with E-state index in [4.69, 9.17) is 5.11 Å². The molecule has 1 aromatic heterocycles. The molecule has 1 aromatic rings. The normalized spacial score (nSPS) is 13.0. The lowest BCUT2D eigenvalue weighted by Gasteiger charge is -2.20. The summed E-state index contributed by atoms with van der Waals surface area (Å²) in [6, 6.07) is 3.45. The summed E-state index contributed by atoms with van der Waals surface area (Å²) in [5.41, 5.74) is 0. The summed E-state index contributed by atoms with van der Waals surface area (Å²) in [6.07, 6.45) is 1.90. The van der Waals surface area contributed by atoms with E-state index >= 15 is 0 Å². The van der Waals surface area contributed by atoms with Crippen LogP contribution in [-0.2, 0) is 4.79 Å². The van der Waals surface area contributed by atoms with Gasteiger partial charge in [0.25, 0.3) is 0 Å². The highest BCUT2D eigenvalue weighted by molar-refractivity contribution is 7.10. The summed E-state index contributed by atoms with van der Waals surface area (Å²) < 4.78 is 0. The highest BCUT2D eigenvalue weighted by Crippen LogP contribution is 2.20. The van der Waals surface area contributed by atoms with Crippen molar-refractivity contribution in [3.8, 4) is 0 Å². The standard InChI is InChI=1S/C11H17NO2S/c1-3-8(4-2)12-10(11(13)14)9-6-5-7-15-9/h5-8,10,12H,3-4H2,1-2H3,(H,13,14). The van der Waals surface area contributed by atoms with Gasteiger partial charge in [-0.2, -0.15) is 0 Å². The van der Waals surface area contributed by atoms with E-state index in [-0.39, 0.29) is 6.04 Å². The van der Waals surface area contributed by atoms with Crippen molar-refractivity contribution in [2.45, 2.75) is 38.8 Å². The molecule has 84 valence electrons. The minimum Gasteiger partial charge on any atom is -0.480 e. The Hall–Kier alpha value is -0.870. The van der Waals surface area contributed by atoms with Crippen molar-refractivity contribution in [1.82, 2.24) is 5.32 Å². The number of aliphatic carboxylic acids is 1. The lowest BCUT2D eigenvalue weighted by atomic mass is 10.1. The third-order valence-electron chi connectivity index (χ3n) is 2.46. The molecule has 2 N–H and O–H groups in total. The Bertz CT molecular complexity index is 294. The average Bonchev–Trinajstić information content (AvgIpc) is 2.72. The topological polar surface area (TPSA) is 49.3 Å². The maximum atomic E-state index is 11.1. The van der Waals surface area contributed by atoms with E-state index in [1.165, 1.54) is 11.3 Å². The molecule has 1 atom stereocenters. The van der Waals surface area contributed by atoms with E-state index in [0.717, 1.165) is 17.7 Å². The Morgan fingerprint density at radius 1 is 1.53 bits per heavy atom. The molecule has 0 spiro atoms. The van der Waals surface area contributed by atoms with Crippen LogP contribution in [0.2, 0.25) is 0 Å². The first-order valence-corrected chi connectivity index (χ1v) is 6.09. The second kappa shape index (κ2) is 5.88. The first kappa shape index (κ1) is 12.2. The van der Waals surface area contributed by atoms with Gasteiger partial charge in [0.05, 0.1) is 0 Å². The van der Waals surface area contributed by atoms with Crippen molar-refractivity contribution in [1.29, 1.82) is 0 Å². The van der Waals surface area contributed by atoms with Gasteiger partial charge in [-0.25, -0.2) is 0 Å². The first-order chi connectivity index (χ1) is 7.19. The number of carboxylic acids is 1. The fourth-order valence-electron chi connectivity index (χ4n) is 1.49. The largest absolute Gasteiger partial charge is 0.480 e. The molecule has 0 saturated carbocycles. The molecule has 3 nitrogen and oxygen atoms in total. The second-order valence-corrected chi connectivity index (χ2v) is 4.45. The van der Waals surface area contributed by atoms with E-state index in [2.05, 4.69) is 19.2 Å². The van der Waals surface area contributed by atoms with Crippen LogP contribution in [0, 0.1) is 0 Å². The van der Waals surface area contributed by atoms with Gasteiger partial charge in [0.15, 0.2) is 0 Å². The van der Waals surface area contributed by atoms with Gasteiger partial charge in [0.1, 0.15) is 6.04 Å². The van der Waals surface area contributed by atoms with Gasteiger partial charge >= 0.3 is 5.97 Å². The summed E-state index contributed by atoms with van der Waals surface area (Å²) in [7, 11) is 0. The molecule has 0 aliphatic heterocycles. The molecule has 15 heavy (non-hydrogen) atoms. The number of thiophene rings is 1. The molecule has 0 bridgehead atoms. The minimum atomic E-state index is -0.802. The first-order valence-electron chi connectivity index (χ1n) is 5.21. The van der Waals surface area contributed by atoms with Gasteiger partial charge in [-0.1, -0.05) is 19.9 Å². The molecule has 0 aliphatic rings. The van der Waals surface area contributed by atoms with Gasteiger partial charge < -0.3 is 5.11 Å². The zero-order valence-electron chi connectivity index (χ0n) is 9.06. The molecule has 0 saturated heterocycles. The van der Waals surface area contributed by atoms with Gasteiger partial charge in [-0.05, 0) is 24.3 Å². The lowest BCUT2D eigenvalue weighted by Crippen LogP contribution is -2.35. The van der Waals surface area contributed by atoms with Crippen LogP contribution >= 0.6 is 11.3 Å². The predicted molar refractivity (Wildman–Crippen MR) is 62.2 cm³/mol. The van der Waals surface area contributed by atoms with Crippen LogP contribution in [0.1, 0.15) is 37.6 Å². The summed E-state index contributed by atoms with van der Waals surface area (Å²) in [5.74, 6) is -0.802. The molecular formula is C11H17NO2S. The predicted octanol–water partition coefficient (Wildman–Crippen LogP) is 2.65. The molecule has 1 heterocycles. The van der Waals surface area contributed by atoms with Gasteiger partial charge in [-0.15, -0.1) is 11.3 Å². The van der Waals surface area contributed by atoms with Crippen LogP contribution in [-0.4, -0.2) is 17.1 Å². The van der Waals surface area contributed by atoms with Crippen LogP contribution < -0.4 is 5.32 Å². The van der Waals surface area contributed by atoms with E-state index in [0.29, 0.717) is 0 Å². The van der Waals surface area contributed by atoms with Crippen molar-refractivity contribution in [3.05, 3.63) is 22.4 Å². The molecule has 1 rings (SSSR count). The molecule has 0 aliphatic carbocycles. The molecular weight excluding hydrogens is 210 g/mol. The highest BCUT2D eigenvalue weighted by Gasteiger charge is 2.22. The Labute approximate surface area is 94.1 Å². The number of hydrogen-bond donors (Lipinski definition) is 2.